The molecule has 17 aromatic rings. The Balaban J connectivity index is 0.653. The fourth-order valence-electron chi connectivity index (χ4n) is 13.0. The summed E-state index contributed by atoms with van der Waals surface area (Å²) in [5, 5.41) is 13.0. The van der Waals surface area contributed by atoms with Gasteiger partial charge in [0.15, 0.2) is 10.9 Å². The highest BCUT2D eigenvalue weighted by Gasteiger charge is 2.17. The maximum Gasteiger partial charge on any atom is 0.195 e. The average molecular weight is 1140 g/mol. The summed E-state index contributed by atoms with van der Waals surface area (Å²) in [6.07, 6.45) is 0. The maximum absolute atomic E-state index is 14.6. The topological polar surface area (TPSA) is 34.1 Å². The molecule has 0 bridgehead atoms. The molecular weight excluding hydrogens is 1090 g/mol. The van der Waals surface area contributed by atoms with Crippen molar-refractivity contribution >= 4 is 127 Å². The van der Waals surface area contributed by atoms with Crippen LogP contribution in [-0.4, -0.2) is 0 Å². The summed E-state index contributed by atoms with van der Waals surface area (Å²) in [5.41, 5.74) is 15.5. The molecule has 0 saturated heterocycles. The van der Waals surface area contributed by atoms with Crippen molar-refractivity contribution in [1.82, 2.24) is 0 Å². The molecule has 0 unspecified atom stereocenters. The van der Waals surface area contributed by atoms with E-state index in [0.29, 0.717) is 0 Å². The average Bonchev–Trinajstić information content (AvgIpc) is 3.02. The van der Waals surface area contributed by atoms with Crippen LogP contribution >= 0.6 is 34.0 Å². The number of rotatable bonds is 7. The predicted octanol–water partition coefficient (Wildman–Crippen LogP) is 22.6. The quantitative estimate of drug-likeness (QED) is 0.118. The van der Waals surface area contributed by atoms with Gasteiger partial charge in [0.1, 0.15) is 0 Å². The number of fused-ring (bicyclic) bond motifs is 13. The van der Waals surface area contributed by atoms with Gasteiger partial charge >= 0.3 is 0 Å². The van der Waals surface area contributed by atoms with Crippen molar-refractivity contribution in [2.45, 2.75) is 0 Å². The first-order chi connectivity index (χ1) is 41.9. The first-order valence-corrected chi connectivity index (χ1v) is 31.0. The van der Waals surface area contributed by atoms with Crippen molar-refractivity contribution in [2.75, 3.05) is 0 Å². The highest BCUT2D eigenvalue weighted by atomic mass is 32.1. The van der Waals surface area contributed by atoms with Gasteiger partial charge in [0.25, 0.3) is 0 Å². The fourth-order valence-corrected chi connectivity index (χ4v) is 16.2. The second-order valence-corrected chi connectivity index (χ2v) is 25.4. The predicted molar refractivity (Wildman–Crippen MR) is 368 cm³/mol. The molecule has 0 aliphatic heterocycles. The number of thiophene rings is 1. The van der Waals surface area contributed by atoms with E-state index < -0.39 is 0 Å². The monoisotopic (exact) mass is 1130 g/mol. The first-order valence-electron chi connectivity index (χ1n) is 28.6. The van der Waals surface area contributed by atoms with Gasteiger partial charge in [0, 0.05) is 60.5 Å². The van der Waals surface area contributed by atoms with E-state index in [0.717, 1.165) is 113 Å². The molecule has 3 aromatic heterocycles. The Morgan fingerprint density at radius 3 is 0.953 bits per heavy atom. The van der Waals surface area contributed by atoms with Crippen molar-refractivity contribution in [3.05, 3.63) is 299 Å². The minimum Gasteiger partial charge on any atom is -0.289 e. The molecule has 14 aromatic carbocycles. The molecule has 17 rings (SSSR count). The smallest absolute Gasteiger partial charge is 0.195 e. The van der Waals surface area contributed by atoms with E-state index in [1.54, 1.807) is 22.7 Å². The zero-order valence-electron chi connectivity index (χ0n) is 45.6. The minimum atomic E-state index is 0.0530. The SMILES string of the molecule is O=c1c2cc(-c3ccc(-c4ccc5sc6c(-c7cccc(-c8ccc9sc%10ccc(-c%11ccccc%11)cc%10c(=O)c9c8)c7)cccc6c5c4)cc3)ccc2sc2ccc(-c3cccc(-c4ccc5c6ccccc6c6ccccc6c5c4)c3)cc12. The lowest BCUT2D eigenvalue weighted by Crippen LogP contribution is -2.01. The van der Waals surface area contributed by atoms with Crippen LogP contribution in [0.4, 0.5) is 0 Å². The fraction of sp³-hybridized carbons (Fsp3) is 0. The summed E-state index contributed by atoms with van der Waals surface area (Å²) >= 11 is 5.17. The molecule has 2 nitrogen and oxygen atoms in total. The summed E-state index contributed by atoms with van der Waals surface area (Å²) in [4.78, 5) is 28.8. The van der Waals surface area contributed by atoms with Crippen molar-refractivity contribution in [2.24, 2.45) is 0 Å². The van der Waals surface area contributed by atoms with Crippen LogP contribution < -0.4 is 10.9 Å². The second kappa shape index (κ2) is 19.8. The highest BCUT2D eigenvalue weighted by molar-refractivity contribution is 7.26. The van der Waals surface area contributed by atoms with Crippen LogP contribution in [-0.2, 0) is 0 Å². The summed E-state index contributed by atoms with van der Waals surface area (Å²) in [6, 6.07) is 99.4. The van der Waals surface area contributed by atoms with Gasteiger partial charge in [0.05, 0.1) is 0 Å². The van der Waals surface area contributed by atoms with Gasteiger partial charge in [-0.3, -0.25) is 9.59 Å². The second-order valence-electron chi connectivity index (χ2n) is 22.2. The van der Waals surface area contributed by atoms with E-state index in [1.807, 2.05) is 35.6 Å². The molecule has 0 N–H and O–H groups in total. The molecule has 0 aliphatic carbocycles. The largest absolute Gasteiger partial charge is 0.289 e. The minimum absolute atomic E-state index is 0.0530. The van der Waals surface area contributed by atoms with Gasteiger partial charge in [0.2, 0.25) is 0 Å². The third-order valence-corrected chi connectivity index (χ3v) is 20.8. The lowest BCUT2D eigenvalue weighted by Gasteiger charge is -2.13. The third kappa shape index (κ3) is 8.34. The molecule has 85 heavy (non-hydrogen) atoms. The van der Waals surface area contributed by atoms with Crippen molar-refractivity contribution in [3.8, 4) is 77.9 Å². The third-order valence-electron chi connectivity index (χ3n) is 17.3. The molecule has 396 valence electrons. The van der Waals surface area contributed by atoms with Gasteiger partial charge in [-0.15, -0.1) is 34.0 Å². The Bertz CT molecular complexity index is 5740. The van der Waals surface area contributed by atoms with Crippen LogP contribution in [0.1, 0.15) is 0 Å². The molecule has 3 heterocycles. The van der Waals surface area contributed by atoms with E-state index in [9.17, 15) is 9.59 Å². The van der Waals surface area contributed by atoms with E-state index in [-0.39, 0.29) is 10.9 Å². The van der Waals surface area contributed by atoms with Gasteiger partial charge in [-0.1, -0.05) is 200 Å². The molecule has 5 heteroatoms. The number of hydrogen-bond donors (Lipinski definition) is 0. The van der Waals surface area contributed by atoms with Crippen LogP contribution in [0.15, 0.2) is 289 Å². The van der Waals surface area contributed by atoms with E-state index in [4.69, 9.17) is 0 Å². The molecule has 0 saturated carbocycles. The molecule has 0 spiro atoms. The summed E-state index contributed by atoms with van der Waals surface area (Å²) < 4.78 is 6.43. The zero-order valence-corrected chi connectivity index (χ0v) is 48.0. The highest BCUT2D eigenvalue weighted by Crippen LogP contribution is 2.44. The van der Waals surface area contributed by atoms with Crippen molar-refractivity contribution < 1.29 is 0 Å². The molecule has 0 amide bonds. The molecule has 0 fully saturated rings. The Hall–Kier alpha value is -10.1. The van der Waals surface area contributed by atoms with Crippen molar-refractivity contribution in [3.63, 3.8) is 0 Å². The standard InChI is InChI=1S/C80H46O2S3/c81-78-69-43-54(47-11-2-1-3-12-47)29-35-74(69)83-77-38-32-58(46-72(77)78)52-15-9-16-59(40-52)60-21-10-22-66-68-42-53(28-34-73(68)85-80(60)66)48-23-25-49(26-24-48)55-30-36-75-70(44-55)79(82)71-45-57(31-37-76(71)84-75)51-14-8-13-50(39-51)56-27-33-65-63-19-5-4-17-61(63)62-18-6-7-20-64(62)67(65)41-56/h1-46H. The first kappa shape index (κ1) is 49.5. The van der Waals surface area contributed by atoms with E-state index >= 15 is 0 Å². The van der Waals surface area contributed by atoms with Gasteiger partial charge in [-0.05, 0) is 189 Å². The Morgan fingerprint density at radius 2 is 0.471 bits per heavy atom. The van der Waals surface area contributed by atoms with E-state index in [1.165, 1.54) is 58.1 Å². The number of hydrogen-bond acceptors (Lipinski definition) is 5. The normalized spacial score (nSPS) is 11.9. The van der Waals surface area contributed by atoms with Crippen molar-refractivity contribution in [1.29, 1.82) is 0 Å². The Kier molecular flexibility index (Phi) is 11.5. The molecule has 0 radical (unpaired) electrons. The Morgan fingerprint density at radius 1 is 0.176 bits per heavy atom. The zero-order chi connectivity index (χ0) is 56.3. The number of benzene rings is 14. The van der Waals surface area contributed by atoms with Crippen LogP contribution in [0, 0.1) is 0 Å². The molecular formula is C80H46O2S3. The van der Waals surface area contributed by atoms with Gasteiger partial charge in [-0.25, -0.2) is 0 Å². The summed E-state index contributed by atoms with van der Waals surface area (Å²) in [7, 11) is 0. The molecule has 0 aliphatic rings. The lowest BCUT2D eigenvalue weighted by atomic mass is 9.91. The molecule has 0 atom stereocenters. The van der Waals surface area contributed by atoms with Gasteiger partial charge < -0.3 is 0 Å². The maximum atomic E-state index is 14.6. The van der Waals surface area contributed by atoms with Crippen LogP contribution in [0.2, 0.25) is 0 Å². The Labute approximate surface area is 500 Å². The van der Waals surface area contributed by atoms with Crippen LogP contribution in [0.25, 0.3) is 171 Å². The van der Waals surface area contributed by atoms with Gasteiger partial charge in [-0.2, -0.15) is 0 Å². The summed E-state index contributed by atoms with van der Waals surface area (Å²) in [6.45, 7) is 0. The summed E-state index contributed by atoms with van der Waals surface area (Å²) in [5.74, 6) is 0. The van der Waals surface area contributed by atoms with Crippen LogP contribution in [0.5, 0.6) is 0 Å². The lowest BCUT2D eigenvalue weighted by molar-refractivity contribution is 1.61. The van der Waals surface area contributed by atoms with E-state index in [2.05, 4.69) is 255 Å². The van der Waals surface area contributed by atoms with Crippen LogP contribution in [0.3, 0.4) is 0 Å².